The predicted octanol–water partition coefficient (Wildman–Crippen LogP) is 4.18. The molecule has 0 aliphatic carbocycles. The fourth-order valence-corrected chi connectivity index (χ4v) is 4.64. The Balaban J connectivity index is 2.26. The van der Waals surface area contributed by atoms with Crippen LogP contribution in [0.5, 0.6) is 0 Å². The van der Waals surface area contributed by atoms with Crippen molar-refractivity contribution < 1.29 is 22.7 Å². The van der Waals surface area contributed by atoms with Crippen LogP contribution >= 0.6 is 0 Å². The number of carbonyl (C=O) groups is 1. The molecule has 3 aromatic rings. The van der Waals surface area contributed by atoms with Gasteiger partial charge in [0.1, 0.15) is 5.03 Å². The van der Waals surface area contributed by atoms with Gasteiger partial charge in [0.2, 0.25) is 0 Å². The van der Waals surface area contributed by atoms with Crippen molar-refractivity contribution in [3.63, 3.8) is 0 Å². The molecular formula is C22H23NO5S. The Bertz CT molecular complexity index is 1100. The van der Waals surface area contributed by atoms with Crippen LogP contribution in [0, 0.1) is 6.92 Å². The largest absolute Gasteiger partial charge is 0.507 e. The van der Waals surface area contributed by atoms with Crippen LogP contribution in [-0.2, 0) is 25.7 Å². The summed E-state index contributed by atoms with van der Waals surface area (Å²) in [7, 11) is -2.33. The lowest BCUT2D eigenvalue weighted by Crippen LogP contribution is -2.08. The molecule has 0 N–H and O–H groups in total. The first-order valence-corrected chi connectivity index (χ1v) is 11.0. The van der Waals surface area contributed by atoms with Crippen LogP contribution in [0.3, 0.4) is 0 Å². The Morgan fingerprint density at radius 2 is 1.59 bits per heavy atom. The number of hydrogen-bond acceptors (Lipinski definition) is 5. The van der Waals surface area contributed by atoms with Crippen molar-refractivity contribution in [3.05, 3.63) is 71.9 Å². The van der Waals surface area contributed by atoms with Crippen LogP contribution in [0.2, 0.25) is 0 Å². The average Bonchev–Trinajstić information content (AvgIpc) is 3.02. The SMILES string of the molecule is COC(=O)OCCc1c(-c2ccccc2)c(S(C)(=O)=O)n(-c2ccccc2)c1C. The lowest BCUT2D eigenvalue weighted by atomic mass is 10.0. The molecule has 0 aliphatic rings. The van der Waals surface area contributed by atoms with Crippen molar-refractivity contribution in [3.8, 4) is 16.8 Å². The molecule has 29 heavy (non-hydrogen) atoms. The van der Waals surface area contributed by atoms with Crippen molar-refractivity contribution in [2.45, 2.75) is 18.4 Å². The standard InChI is InChI=1S/C22H23NO5S/c1-16-19(14-15-28-22(24)27-2)20(17-10-6-4-7-11-17)21(29(3,25)26)23(16)18-12-8-5-9-13-18/h4-13H,14-15H2,1-3H3. The molecule has 0 radical (unpaired) electrons. The third-order valence-electron chi connectivity index (χ3n) is 4.66. The first kappa shape index (κ1) is 20.7. The van der Waals surface area contributed by atoms with Gasteiger partial charge in [-0.15, -0.1) is 0 Å². The number of sulfone groups is 1. The first-order chi connectivity index (χ1) is 13.8. The first-order valence-electron chi connectivity index (χ1n) is 9.10. The van der Waals surface area contributed by atoms with Gasteiger partial charge in [-0.05, 0) is 30.2 Å². The second kappa shape index (κ2) is 8.53. The Labute approximate surface area is 170 Å². The number of aromatic nitrogens is 1. The Morgan fingerprint density at radius 3 is 2.14 bits per heavy atom. The number of hydrogen-bond donors (Lipinski definition) is 0. The van der Waals surface area contributed by atoms with E-state index in [1.54, 1.807) is 4.57 Å². The highest BCUT2D eigenvalue weighted by Crippen LogP contribution is 2.38. The van der Waals surface area contributed by atoms with Gasteiger partial charge in [0, 0.05) is 29.6 Å². The fourth-order valence-electron chi connectivity index (χ4n) is 3.45. The molecular weight excluding hydrogens is 390 g/mol. The van der Waals surface area contributed by atoms with Crippen molar-refractivity contribution in [1.82, 2.24) is 4.57 Å². The minimum atomic E-state index is -3.58. The van der Waals surface area contributed by atoms with Gasteiger partial charge in [-0.1, -0.05) is 48.5 Å². The average molecular weight is 413 g/mol. The van der Waals surface area contributed by atoms with E-state index in [0.717, 1.165) is 22.5 Å². The minimum absolute atomic E-state index is 0.0787. The summed E-state index contributed by atoms with van der Waals surface area (Å²) < 4.78 is 37.1. The van der Waals surface area contributed by atoms with Gasteiger partial charge in [-0.2, -0.15) is 0 Å². The summed E-state index contributed by atoms with van der Waals surface area (Å²) in [6, 6.07) is 18.7. The molecule has 0 saturated carbocycles. The van der Waals surface area contributed by atoms with Gasteiger partial charge >= 0.3 is 6.16 Å². The molecule has 7 heteroatoms. The number of methoxy groups -OCH3 is 1. The van der Waals surface area contributed by atoms with Gasteiger partial charge in [-0.25, -0.2) is 13.2 Å². The van der Waals surface area contributed by atoms with Crippen molar-refractivity contribution in [1.29, 1.82) is 0 Å². The van der Waals surface area contributed by atoms with Crippen molar-refractivity contribution in [2.75, 3.05) is 20.0 Å². The van der Waals surface area contributed by atoms with Crippen molar-refractivity contribution in [2.24, 2.45) is 0 Å². The molecule has 0 saturated heterocycles. The number of benzene rings is 2. The molecule has 1 aromatic heterocycles. The summed E-state index contributed by atoms with van der Waals surface area (Å²) >= 11 is 0. The molecule has 0 aliphatic heterocycles. The van der Waals surface area contributed by atoms with Gasteiger partial charge in [0.05, 0.1) is 13.7 Å². The van der Waals surface area contributed by atoms with E-state index < -0.39 is 16.0 Å². The lowest BCUT2D eigenvalue weighted by molar-refractivity contribution is 0.0736. The molecule has 3 rings (SSSR count). The fraction of sp³-hybridized carbons (Fsp3) is 0.227. The zero-order valence-corrected chi connectivity index (χ0v) is 17.4. The molecule has 0 unspecified atom stereocenters. The highest BCUT2D eigenvalue weighted by Gasteiger charge is 2.28. The maximum absolute atomic E-state index is 12.9. The number of carbonyl (C=O) groups excluding carboxylic acids is 1. The maximum Gasteiger partial charge on any atom is 0.507 e. The van der Waals surface area contributed by atoms with Crippen LogP contribution in [0.1, 0.15) is 11.3 Å². The summed E-state index contributed by atoms with van der Waals surface area (Å²) in [6.45, 7) is 1.96. The number of nitrogens with zero attached hydrogens (tertiary/aromatic N) is 1. The minimum Gasteiger partial charge on any atom is -0.438 e. The van der Waals surface area contributed by atoms with Crippen LogP contribution in [0.15, 0.2) is 65.7 Å². The zero-order chi connectivity index (χ0) is 21.0. The monoisotopic (exact) mass is 413 g/mol. The third kappa shape index (κ3) is 4.35. The molecule has 0 bridgehead atoms. The second-order valence-electron chi connectivity index (χ2n) is 6.61. The second-order valence-corrected chi connectivity index (χ2v) is 8.54. The van der Waals surface area contributed by atoms with E-state index in [1.807, 2.05) is 67.6 Å². The van der Waals surface area contributed by atoms with Gasteiger partial charge in [0.15, 0.2) is 9.84 Å². The topological polar surface area (TPSA) is 74.6 Å². The molecule has 1 heterocycles. The summed E-state index contributed by atoms with van der Waals surface area (Å²) in [6.07, 6.45) is 0.797. The van der Waals surface area contributed by atoms with Crippen LogP contribution in [0.4, 0.5) is 4.79 Å². The summed E-state index contributed by atoms with van der Waals surface area (Å²) in [5, 5.41) is 0.223. The van der Waals surface area contributed by atoms with Crippen molar-refractivity contribution >= 4 is 16.0 Å². The molecule has 0 spiro atoms. The Kier molecular flexibility index (Phi) is 6.08. The molecule has 152 valence electrons. The van der Waals surface area contributed by atoms with E-state index in [0.29, 0.717) is 12.0 Å². The van der Waals surface area contributed by atoms with E-state index in [1.165, 1.54) is 13.4 Å². The van der Waals surface area contributed by atoms with E-state index in [2.05, 4.69) is 4.74 Å². The van der Waals surface area contributed by atoms with Gasteiger partial charge in [0.25, 0.3) is 0 Å². The summed E-state index contributed by atoms with van der Waals surface area (Å²) in [4.78, 5) is 11.3. The van der Waals surface area contributed by atoms with Gasteiger partial charge in [-0.3, -0.25) is 0 Å². The normalized spacial score (nSPS) is 11.3. The van der Waals surface area contributed by atoms with E-state index in [-0.39, 0.29) is 11.6 Å². The smallest absolute Gasteiger partial charge is 0.438 e. The maximum atomic E-state index is 12.9. The summed E-state index contributed by atoms with van der Waals surface area (Å²) in [5.41, 5.74) is 3.76. The highest BCUT2D eigenvalue weighted by molar-refractivity contribution is 7.90. The van der Waals surface area contributed by atoms with E-state index in [4.69, 9.17) is 4.74 Å². The summed E-state index contributed by atoms with van der Waals surface area (Å²) in [5.74, 6) is 0. The zero-order valence-electron chi connectivity index (χ0n) is 16.6. The molecule has 6 nitrogen and oxygen atoms in total. The van der Waals surface area contributed by atoms with Gasteiger partial charge < -0.3 is 14.0 Å². The number of ether oxygens (including phenoxy) is 2. The van der Waals surface area contributed by atoms with Crippen LogP contribution in [0.25, 0.3) is 16.8 Å². The molecule has 2 aromatic carbocycles. The quantitative estimate of drug-likeness (QED) is 0.567. The molecule has 0 atom stereocenters. The highest BCUT2D eigenvalue weighted by atomic mass is 32.2. The van der Waals surface area contributed by atoms with E-state index >= 15 is 0 Å². The van der Waals surface area contributed by atoms with E-state index in [9.17, 15) is 13.2 Å². The molecule has 0 amide bonds. The Hall–Kier alpha value is -3.06. The predicted molar refractivity (Wildman–Crippen MR) is 111 cm³/mol. The number of para-hydroxylation sites is 1. The molecule has 0 fully saturated rings. The Morgan fingerprint density at radius 1 is 1.00 bits per heavy atom. The van der Waals surface area contributed by atoms with Crippen LogP contribution in [-0.4, -0.2) is 39.1 Å². The number of rotatable bonds is 6. The third-order valence-corrected chi connectivity index (χ3v) is 5.75. The lowest BCUT2D eigenvalue weighted by Gasteiger charge is -2.11. The van der Waals surface area contributed by atoms with Crippen LogP contribution < -0.4 is 0 Å².